The van der Waals surface area contributed by atoms with E-state index in [0.29, 0.717) is 21.8 Å². The van der Waals surface area contributed by atoms with Crippen LogP contribution in [0.2, 0.25) is 10.0 Å². The molecule has 2 rings (SSSR count). The van der Waals surface area contributed by atoms with Gasteiger partial charge in [0.05, 0.1) is 15.7 Å². The van der Waals surface area contributed by atoms with Crippen molar-refractivity contribution < 1.29 is 0 Å². The molecule has 1 heterocycles. The van der Waals surface area contributed by atoms with E-state index in [2.05, 4.69) is 11.8 Å². The monoisotopic (exact) mass is 258 g/mol. The van der Waals surface area contributed by atoms with E-state index in [-0.39, 0.29) is 0 Å². The Morgan fingerprint density at radius 3 is 2.44 bits per heavy atom. The molecule has 1 atom stereocenters. The molecular formula is C12H16Cl2N2. The molecule has 0 amide bonds. The van der Waals surface area contributed by atoms with Gasteiger partial charge in [-0.1, -0.05) is 23.2 Å². The summed E-state index contributed by atoms with van der Waals surface area (Å²) in [6, 6.07) is 4.03. The molecule has 0 saturated carbocycles. The number of nitrogen functional groups attached to an aromatic ring is 1. The third kappa shape index (κ3) is 2.23. The van der Waals surface area contributed by atoms with Gasteiger partial charge in [-0.3, -0.25) is 0 Å². The molecule has 1 unspecified atom stereocenters. The molecule has 4 heteroatoms. The molecule has 88 valence electrons. The predicted molar refractivity (Wildman–Crippen MR) is 71.5 cm³/mol. The van der Waals surface area contributed by atoms with Crippen molar-refractivity contribution in [2.24, 2.45) is 0 Å². The molecule has 0 aromatic heterocycles. The minimum Gasteiger partial charge on any atom is -0.399 e. The summed E-state index contributed by atoms with van der Waals surface area (Å²) in [7, 11) is 0. The van der Waals surface area contributed by atoms with Crippen molar-refractivity contribution >= 4 is 34.6 Å². The number of piperidine rings is 1. The highest BCUT2D eigenvalue weighted by Crippen LogP contribution is 2.38. The maximum atomic E-state index is 6.23. The van der Waals surface area contributed by atoms with Crippen molar-refractivity contribution in [3.05, 3.63) is 22.2 Å². The van der Waals surface area contributed by atoms with Crippen LogP contribution >= 0.6 is 23.2 Å². The lowest BCUT2D eigenvalue weighted by Gasteiger charge is -2.36. The zero-order valence-electron chi connectivity index (χ0n) is 9.34. The fourth-order valence-electron chi connectivity index (χ4n) is 2.29. The zero-order chi connectivity index (χ0) is 11.7. The van der Waals surface area contributed by atoms with Crippen LogP contribution < -0.4 is 10.6 Å². The highest BCUT2D eigenvalue weighted by molar-refractivity contribution is 6.39. The van der Waals surface area contributed by atoms with Crippen LogP contribution in [0.3, 0.4) is 0 Å². The van der Waals surface area contributed by atoms with Gasteiger partial charge in [-0.2, -0.15) is 0 Å². The maximum Gasteiger partial charge on any atom is 0.0748 e. The van der Waals surface area contributed by atoms with Crippen LogP contribution in [0.25, 0.3) is 0 Å². The summed E-state index contributed by atoms with van der Waals surface area (Å²) in [5, 5.41) is 1.30. The smallest absolute Gasteiger partial charge is 0.0748 e. The van der Waals surface area contributed by atoms with E-state index >= 15 is 0 Å². The van der Waals surface area contributed by atoms with Crippen molar-refractivity contribution in [2.75, 3.05) is 17.2 Å². The fourth-order valence-corrected chi connectivity index (χ4v) is 3.01. The second-order valence-corrected chi connectivity index (χ2v) is 5.19. The normalized spacial score (nSPS) is 21.2. The Morgan fingerprint density at radius 1 is 1.25 bits per heavy atom. The van der Waals surface area contributed by atoms with E-state index in [4.69, 9.17) is 28.9 Å². The van der Waals surface area contributed by atoms with Crippen LogP contribution in [-0.2, 0) is 0 Å². The summed E-state index contributed by atoms with van der Waals surface area (Å²) >= 11 is 12.5. The van der Waals surface area contributed by atoms with Crippen molar-refractivity contribution in [3.63, 3.8) is 0 Å². The summed E-state index contributed by atoms with van der Waals surface area (Å²) in [5.74, 6) is 0. The summed E-state index contributed by atoms with van der Waals surface area (Å²) in [4.78, 5) is 2.29. The highest BCUT2D eigenvalue weighted by atomic mass is 35.5. The molecule has 0 spiro atoms. The number of nitrogens with zero attached hydrogens (tertiary/aromatic N) is 1. The first-order valence-corrected chi connectivity index (χ1v) is 6.36. The first-order chi connectivity index (χ1) is 7.59. The Bertz CT molecular complexity index is 370. The van der Waals surface area contributed by atoms with Crippen LogP contribution in [0, 0.1) is 0 Å². The molecule has 2 N–H and O–H groups in total. The van der Waals surface area contributed by atoms with Gasteiger partial charge in [0.15, 0.2) is 0 Å². The van der Waals surface area contributed by atoms with Gasteiger partial charge in [0.2, 0.25) is 0 Å². The molecule has 0 radical (unpaired) electrons. The number of hydrogen-bond acceptors (Lipinski definition) is 2. The largest absolute Gasteiger partial charge is 0.399 e. The summed E-state index contributed by atoms with van der Waals surface area (Å²) in [5.41, 5.74) is 7.25. The van der Waals surface area contributed by atoms with E-state index in [1.807, 2.05) is 0 Å². The standard InChI is InChI=1S/C12H16Cl2N2/c1-8-4-2-3-5-16(8)12-10(13)6-9(15)7-11(12)14/h6-8H,2-5,15H2,1H3. The minimum absolute atomic E-state index is 0.493. The molecule has 1 aliphatic heterocycles. The number of anilines is 2. The summed E-state index contributed by atoms with van der Waals surface area (Å²) in [6.45, 7) is 3.23. The summed E-state index contributed by atoms with van der Waals surface area (Å²) < 4.78 is 0. The van der Waals surface area contributed by atoms with Gasteiger partial charge in [0.1, 0.15) is 0 Å². The van der Waals surface area contributed by atoms with Gasteiger partial charge in [-0.15, -0.1) is 0 Å². The first kappa shape index (κ1) is 11.9. The molecule has 0 aliphatic carbocycles. The molecule has 16 heavy (non-hydrogen) atoms. The second-order valence-electron chi connectivity index (χ2n) is 4.37. The molecule has 0 bridgehead atoms. The lowest BCUT2D eigenvalue weighted by atomic mass is 10.0. The van der Waals surface area contributed by atoms with Gasteiger partial charge >= 0.3 is 0 Å². The lowest BCUT2D eigenvalue weighted by molar-refractivity contribution is 0.485. The van der Waals surface area contributed by atoms with Crippen LogP contribution in [0.1, 0.15) is 26.2 Å². The second kappa shape index (κ2) is 4.72. The topological polar surface area (TPSA) is 29.3 Å². The van der Waals surface area contributed by atoms with Gasteiger partial charge < -0.3 is 10.6 Å². The number of halogens is 2. The van der Waals surface area contributed by atoms with Crippen molar-refractivity contribution in [2.45, 2.75) is 32.2 Å². The SMILES string of the molecule is CC1CCCCN1c1c(Cl)cc(N)cc1Cl. The van der Waals surface area contributed by atoms with Gasteiger partial charge in [-0.05, 0) is 38.3 Å². The first-order valence-electron chi connectivity index (χ1n) is 5.60. The van der Waals surface area contributed by atoms with Gasteiger partial charge in [0.25, 0.3) is 0 Å². The Morgan fingerprint density at radius 2 is 1.88 bits per heavy atom. The molecular weight excluding hydrogens is 243 g/mol. The molecule has 2 nitrogen and oxygen atoms in total. The van der Waals surface area contributed by atoms with Crippen LogP contribution in [0.5, 0.6) is 0 Å². The molecule has 1 saturated heterocycles. The fraction of sp³-hybridized carbons (Fsp3) is 0.500. The van der Waals surface area contributed by atoms with E-state index < -0.39 is 0 Å². The van der Waals surface area contributed by atoms with Gasteiger partial charge in [-0.25, -0.2) is 0 Å². The van der Waals surface area contributed by atoms with E-state index in [1.54, 1.807) is 12.1 Å². The average Bonchev–Trinajstić information content (AvgIpc) is 2.19. The Balaban J connectivity index is 2.38. The highest BCUT2D eigenvalue weighted by Gasteiger charge is 2.22. The zero-order valence-corrected chi connectivity index (χ0v) is 10.9. The third-order valence-electron chi connectivity index (χ3n) is 3.13. The Labute approximate surface area is 106 Å². The number of benzene rings is 1. The molecule has 1 fully saturated rings. The van der Waals surface area contributed by atoms with Gasteiger partial charge in [0, 0.05) is 18.3 Å². The van der Waals surface area contributed by atoms with Crippen molar-refractivity contribution in [1.82, 2.24) is 0 Å². The average molecular weight is 259 g/mol. The number of nitrogens with two attached hydrogens (primary N) is 1. The van der Waals surface area contributed by atoms with Crippen LogP contribution in [-0.4, -0.2) is 12.6 Å². The molecule has 1 aromatic carbocycles. The maximum absolute atomic E-state index is 6.23. The van der Waals surface area contributed by atoms with Crippen LogP contribution in [0.15, 0.2) is 12.1 Å². The van der Waals surface area contributed by atoms with Crippen molar-refractivity contribution in [3.8, 4) is 0 Å². The lowest BCUT2D eigenvalue weighted by Crippen LogP contribution is -2.37. The Kier molecular flexibility index (Phi) is 3.50. The van der Waals surface area contributed by atoms with Crippen molar-refractivity contribution in [1.29, 1.82) is 0 Å². The van der Waals surface area contributed by atoms with E-state index in [0.717, 1.165) is 12.2 Å². The number of rotatable bonds is 1. The van der Waals surface area contributed by atoms with Crippen LogP contribution in [0.4, 0.5) is 11.4 Å². The summed E-state index contributed by atoms with van der Waals surface area (Å²) in [6.07, 6.45) is 3.67. The molecule has 1 aliphatic rings. The molecule has 1 aromatic rings. The Hall–Kier alpha value is -0.600. The third-order valence-corrected chi connectivity index (χ3v) is 3.71. The number of hydrogen-bond donors (Lipinski definition) is 1. The quantitative estimate of drug-likeness (QED) is 0.773. The van der Waals surface area contributed by atoms with E-state index in [1.165, 1.54) is 19.3 Å². The predicted octanol–water partition coefficient (Wildman–Crippen LogP) is 3.95. The minimum atomic E-state index is 0.493. The van der Waals surface area contributed by atoms with E-state index in [9.17, 15) is 0 Å².